The van der Waals surface area contributed by atoms with Crippen LogP contribution in [0.3, 0.4) is 0 Å². The molecule has 0 saturated heterocycles. The number of rotatable bonds is 5. The highest BCUT2D eigenvalue weighted by Crippen LogP contribution is 2.35. The predicted molar refractivity (Wildman–Crippen MR) is 71.2 cm³/mol. The molecular formula is C14H22N2. The van der Waals surface area contributed by atoms with Crippen LogP contribution in [0.25, 0.3) is 0 Å². The monoisotopic (exact) mass is 218 g/mol. The van der Waals surface area contributed by atoms with Crippen LogP contribution in [0.5, 0.6) is 0 Å². The van der Waals surface area contributed by atoms with E-state index in [4.69, 9.17) is 0 Å². The lowest BCUT2D eigenvalue weighted by Gasteiger charge is -2.23. The minimum absolute atomic E-state index is 0.603. The third kappa shape index (κ3) is 2.49. The van der Waals surface area contributed by atoms with Gasteiger partial charge in [-0.2, -0.15) is 0 Å². The van der Waals surface area contributed by atoms with E-state index in [9.17, 15) is 0 Å². The van der Waals surface area contributed by atoms with Crippen molar-refractivity contribution in [3.05, 3.63) is 24.3 Å². The highest BCUT2D eigenvalue weighted by Gasteiger charge is 2.28. The van der Waals surface area contributed by atoms with Crippen molar-refractivity contribution in [2.24, 2.45) is 5.92 Å². The van der Waals surface area contributed by atoms with E-state index in [1.807, 2.05) is 0 Å². The third-order valence-corrected chi connectivity index (χ3v) is 3.50. The molecule has 2 nitrogen and oxygen atoms in total. The molecule has 1 aliphatic rings. The van der Waals surface area contributed by atoms with Crippen molar-refractivity contribution < 1.29 is 0 Å². The fraction of sp³-hybridized carbons (Fsp3) is 0.571. The molecule has 0 aliphatic heterocycles. The van der Waals surface area contributed by atoms with Crippen LogP contribution < -0.4 is 10.2 Å². The van der Waals surface area contributed by atoms with E-state index in [-0.39, 0.29) is 0 Å². The quantitative estimate of drug-likeness (QED) is 0.815. The second kappa shape index (κ2) is 4.77. The van der Waals surface area contributed by atoms with Crippen LogP contribution in [0, 0.1) is 5.92 Å². The van der Waals surface area contributed by atoms with Gasteiger partial charge in [0.15, 0.2) is 0 Å². The van der Waals surface area contributed by atoms with Crippen LogP contribution in [0.4, 0.5) is 11.4 Å². The van der Waals surface area contributed by atoms with Gasteiger partial charge >= 0.3 is 0 Å². The Labute approximate surface area is 98.7 Å². The molecule has 1 fully saturated rings. The first kappa shape index (κ1) is 11.3. The molecule has 0 amide bonds. The topological polar surface area (TPSA) is 15.3 Å². The van der Waals surface area contributed by atoms with Crippen molar-refractivity contribution in [2.45, 2.75) is 32.7 Å². The molecule has 1 atom stereocenters. The average Bonchev–Trinajstić information content (AvgIpc) is 3.12. The maximum atomic E-state index is 3.65. The van der Waals surface area contributed by atoms with E-state index in [0.717, 1.165) is 12.5 Å². The van der Waals surface area contributed by atoms with Crippen LogP contribution >= 0.6 is 0 Å². The van der Waals surface area contributed by atoms with Crippen molar-refractivity contribution in [3.8, 4) is 0 Å². The van der Waals surface area contributed by atoms with Gasteiger partial charge in [-0.05, 0) is 44.7 Å². The second-order valence-corrected chi connectivity index (χ2v) is 4.80. The van der Waals surface area contributed by atoms with Gasteiger partial charge in [-0.3, -0.25) is 0 Å². The van der Waals surface area contributed by atoms with E-state index in [1.165, 1.54) is 24.2 Å². The van der Waals surface area contributed by atoms with E-state index in [0.29, 0.717) is 6.04 Å². The molecule has 1 saturated carbocycles. The first-order valence-corrected chi connectivity index (χ1v) is 6.29. The van der Waals surface area contributed by atoms with Crippen molar-refractivity contribution in [2.75, 3.05) is 23.8 Å². The van der Waals surface area contributed by atoms with E-state index in [2.05, 4.69) is 55.4 Å². The molecule has 0 aromatic heterocycles. The lowest BCUT2D eigenvalue weighted by molar-refractivity contribution is 0.694. The maximum absolute atomic E-state index is 3.65. The summed E-state index contributed by atoms with van der Waals surface area (Å²) in [5, 5.41) is 3.65. The van der Waals surface area contributed by atoms with E-state index >= 15 is 0 Å². The Hall–Kier alpha value is -1.18. The summed E-state index contributed by atoms with van der Waals surface area (Å²) in [5.41, 5.74) is 2.57. The van der Waals surface area contributed by atoms with Crippen LogP contribution in [-0.2, 0) is 0 Å². The lowest BCUT2D eigenvalue weighted by Crippen LogP contribution is -2.22. The number of hydrogen-bond donors (Lipinski definition) is 1. The molecule has 1 aromatic rings. The summed E-state index contributed by atoms with van der Waals surface area (Å²) in [5.74, 6) is 0.889. The van der Waals surface area contributed by atoms with Gasteiger partial charge in [0.2, 0.25) is 0 Å². The van der Waals surface area contributed by atoms with Gasteiger partial charge in [0.1, 0.15) is 0 Å². The summed E-state index contributed by atoms with van der Waals surface area (Å²) in [6.45, 7) is 5.51. The Balaban J connectivity index is 2.11. The molecule has 0 spiro atoms. The van der Waals surface area contributed by atoms with Gasteiger partial charge in [-0.25, -0.2) is 0 Å². The van der Waals surface area contributed by atoms with Gasteiger partial charge in [0, 0.05) is 19.6 Å². The zero-order valence-corrected chi connectivity index (χ0v) is 10.5. The van der Waals surface area contributed by atoms with Crippen molar-refractivity contribution in [1.29, 1.82) is 0 Å². The summed E-state index contributed by atoms with van der Waals surface area (Å²) in [6, 6.07) is 9.18. The zero-order valence-electron chi connectivity index (χ0n) is 10.5. The number of hydrogen-bond acceptors (Lipinski definition) is 2. The zero-order chi connectivity index (χ0) is 11.5. The molecule has 1 N–H and O–H groups in total. The molecule has 0 bridgehead atoms. The van der Waals surface area contributed by atoms with Gasteiger partial charge in [-0.15, -0.1) is 0 Å². The van der Waals surface area contributed by atoms with Crippen molar-refractivity contribution in [3.63, 3.8) is 0 Å². The number of benzene rings is 1. The van der Waals surface area contributed by atoms with E-state index in [1.54, 1.807) is 0 Å². The number of para-hydroxylation sites is 2. The SMILES string of the molecule is CCN(C)c1ccccc1NC(C)C1CC1. The smallest absolute Gasteiger partial charge is 0.0599 e. The predicted octanol–water partition coefficient (Wildman–Crippen LogP) is 3.35. The summed E-state index contributed by atoms with van der Waals surface area (Å²) in [7, 11) is 2.14. The summed E-state index contributed by atoms with van der Waals surface area (Å²) in [6.07, 6.45) is 2.78. The first-order valence-electron chi connectivity index (χ1n) is 6.29. The normalized spacial score (nSPS) is 16.9. The minimum atomic E-state index is 0.603. The summed E-state index contributed by atoms with van der Waals surface area (Å²) >= 11 is 0. The van der Waals surface area contributed by atoms with Crippen LogP contribution in [0.15, 0.2) is 24.3 Å². The number of anilines is 2. The Kier molecular flexibility index (Phi) is 3.37. The minimum Gasteiger partial charge on any atom is -0.381 e. The van der Waals surface area contributed by atoms with Crippen LogP contribution in [0.2, 0.25) is 0 Å². The molecule has 1 aliphatic carbocycles. The fourth-order valence-electron chi connectivity index (χ4n) is 2.06. The molecule has 16 heavy (non-hydrogen) atoms. The van der Waals surface area contributed by atoms with Gasteiger partial charge in [0.05, 0.1) is 11.4 Å². The Morgan fingerprint density at radius 2 is 2.06 bits per heavy atom. The van der Waals surface area contributed by atoms with Crippen molar-refractivity contribution >= 4 is 11.4 Å². The highest BCUT2D eigenvalue weighted by molar-refractivity contribution is 5.70. The lowest BCUT2D eigenvalue weighted by atomic mass is 10.2. The van der Waals surface area contributed by atoms with Crippen molar-refractivity contribution in [1.82, 2.24) is 0 Å². The fourth-order valence-corrected chi connectivity index (χ4v) is 2.06. The second-order valence-electron chi connectivity index (χ2n) is 4.80. The molecule has 2 rings (SSSR count). The molecule has 0 heterocycles. The number of nitrogens with zero attached hydrogens (tertiary/aromatic N) is 1. The standard InChI is InChI=1S/C14H22N2/c1-4-16(3)14-8-6-5-7-13(14)15-11(2)12-9-10-12/h5-8,11-12,15H,4,9-10H2,1-3H3. The first-order chi connectivity index (χ1) is 7.72. The van der Waals surface area contributed by atoms with E-state index < -0.39 is 0 Å². The average molecular weight is 218 g/mol. The molecule has 88 valence electrons. The molecule has 2 heteroatoms. The molecular weight excluding hydrogens is 196 g/mol. The van der Waals surface area contributed by atoms with Gasteiger partial charge in [-0.1, -0.05) is 12.1 Å². The Morgan fingerprint density at radius 1 is 1.38 bits per heavy atom. The molecule has 1 aromatic carbocycles. The summed E-state index contributed by atoms with van der Waals surface area (Å²) < 4.78 is 0. The maximum Gasteiger partial charge on any atom is 0.0599 e. The van der Waals surface area contributed by atoms with Crippen LogP contribution in [0.1, 0.15) is 26.7 Å². The molecule has 0 radical (unpaired) electrons. The van der Waals surface area contributed by atoms with Gasteiger partial charge < -0.3 is 10.2 Å². The molecule has 1 unspecified atom stereocenters. The highest BCUT2D eigenvalue weighted by atomic mass is 15.1. The number of nitrogens with one attached hydrogen (secondary N) is 1. The van der Waals surface area contributed by atoms with Gasteiger partial charge in [0.25, 0.3) is 0 Å². The summed E-state index contributed by atoms with van der Waals surface area (Å²) in [4.78, 5) is 2.28. The Bertz CT molecular complexity index is 344. The largest absolute Gasteiger partial charge is 0.381 e. The van der Waals surface area contributed by atoms with Crippen LogP contribution in [-0.4, -0.2) is 19.6 Å². The Morgan fingerprint density at radius 3 is 2.69 bits per heavy atom. The third-order valence-electron chi connectivity index (χ3n) is 3.50.